The average molecular weight is 330 g/mol. The molecule has 1 aliphatic heterocycles. The number of benzene rings is 2. The maximum Gasteiger partial charge on any atom is 0.264 e. The number of sulfonamides is 1. The Morgan fingerprint density at radius 3 is 2.39 bits per heavy atom. The molecule has 1 aliphatic rings. The molecule has 0 radical (unpaired) electrons. The van der Waals surface area contributed by atoms with Crippen LogP contribution in [0.1, 0.15) is 17.5 Å². The maximum atomic E-state index is 13.3. The average Bonchev–Trinajstić information content (AvgIpc) is 2.70. The monoisotopic (exact) mass is 330 g/mol. The molecule has 0 bridgehead atoms. The summed E-state index contributed by atoms with van der Waals surface area (Å²) in [7, 11) is -1.56. The van der Waals surface area contributed by atoms with Crippen molar-refractivity contribution in [2.24, 2.45) is 0 Å². The first-order chi connectivity index (χ1) is 10.9. The quantitative estimate of drug-likeness (QED) is 0.848. The molecule has 0 saturated carbocycles. The lowest BCUT2D eigenvalue weighted by Crippen LogP contribution is -2.32. The van der Waals surface area contributed by atoms with Crippen LogP contribution in [0.3, 0.4) is 0 Å². The van der Waals surface area contributed by atoms with Gasteiger partial charge in [-0.25, -0.2) is 8.42 Å². The summed E-state index contributed by atoms with van der Waals surface area (Å²) in [6, 6.07) is 13.3. The first-order valence-corrected chi connectivity index (χ1v) is 9.25. The van der Waals surface area contributed by atoms with Crippen LogP contribution < -0.4 is 9.21 Å². The Morgan fingerprint density at radius 2 is 1.65 bits per heavy atom. The SMILES string of the molecule is Cc1ccc(C)c(S(=O)(=O)N2CCCN(C)c3ccccc32)c1. The fourth-order valence-electron chi connectivity index (χ4n) is 3.04. The summed E-state index contributed by atoms with van der Waals surface area (Å²) >= 11 is 0. The fraction of sp³-hybridized carbons (Fsp3) is 0.333. The van der Waals surface area contributed by atoms with E-state index >= 15 is 0 Å². The van der Waals surface area contributed by atoms with Gasteiger partial charge in [0.15, 0.2) is 0 Å². The highest BCUT2D eigenvalue weighted by molar-refractivity contribution is 7.92. The van der Waals surface area contributed by atoms with E-state index in [2.05, 4.69) is 4.90 Å². The zero-order valence-electron chi connectivity index (χ0n) is 13.8. The van der Waals surface area contributed by atoms with Gasteiger partial charge in [0.1, 0.15) is 0 Å². The third-order valence-corrected chi connectivity index (χ3v) is 6.28. The summed E-state index contributed by atoms with van der Waals surface area (Å²) < 4.78 is 28.1. The van der Waals surface area contributed by atoms with E-state index in [-0.39, 0.29) is 0 Å². The molecule has 3 rings (SSSR count). The van der Waals surface area contributed by atoms with Crippen LogP contribution in [0.2, 0.25) is 0 Å². The molecular formula is C18H22N2O2S. The first kappa shape index (κ1) is 15.9. The number of aryl methyl sites for hydroxylation is 2. The van der Waals surface area contributed by atoms with E-state index in [1.165, 1.54) is 0 Å². The molecule has 5 heteroatoms. The largest absolute Gasteiger partial charge is 0.373 e. The topological polar surface area (TPSA) is 40.6 Å². The van der Waals surface area contributed by atoms with Gasteiger partial charge in [0, 0.05) is 20.1 Å². The number of fused-ring (bicyclic) bond motifs is 1. The summed E-state index contributed by atoms with van der Waals surface area (Å²) in [4.78, 5) is 2.52. The minimum atomic E-state index is -3.57. The lowest BCUT2D eigenvalue weighted by Gasteiger charge is -2.26. The predicted molar refractivity (Wildman–Crippen MR) is 94.8 cm³/mol. The lowest BCUT2D eigenvalue weighted by atomic mass is 10.2. The van der Waals surface area contributed by atoms with Gasteiger partial charge in [0.2, 0.25) is 0 Å². The van der Waals surface area contributed by atoms with Crippen LogP contribution in [0.4, 0.5) is 11.4 Å². The van der Waals surface area contributed by atoms with Gasteiger partial charge in [-0.1, -0.05) is 24.3 Å². The molecule has 0 unspecified atom stereocenters. The Morgan fingerprint density at radius 1 is 0.957 bits per heavy atom. The molecule has 0 N–H and O–H groups in total. The van der Waals surface area contributed by atoms with Crippen molar-refractivity contribution in [2.75, 3.05) is 29.3 Å². The van der Waals surface area contributed by atoms with Crippen LogP contribution in [-0.2, 0) is 10.0 Å². The summed E-state index contributed by atoms with van der Waals surface area (Å²) in [6.07, 6.45) is 0.801. The van der Waals surface area contributed by atoms with E-state index in [9.17, 15) is 8.42 Å². The van der Waals surface area contributed by atoms with Gasteiger partial charge in [-0.15, -0.1) is 0 Å². The smallest absolute Gasteiger partial charge is 0.264 e. The summed E-state index contributed by atoms with van der Waals surface area (Å²) in [5.74, 6) is 0. The fourth-order valence-corrected chi connectivity index (χ4v) is 4.87. The van der Waals surface area contributed by atoms with Crippen LogP contribution in [-0.4, -0.2) is 28.6 Å². The highest BCUT2D eigenvalue weighted by atomic mass is 32.2. The molecule has 0 atom stereocenters. The second-order valence-electron chi connectivity index (χ2n) is 6.11. The molecule has 0 spiro atoms. The Balaban J connectivity index is 2.16. The van der Waals surface area contributed by atoms with Gasteiger partial charge >= 0.3 is 0 Å². The van der Waals surface area contributed by atoms with Crippen molar-refractivity contribution in [3.8, 4) is 0 Å². The van der Waals surface area contributed by atoms with E-state index in [0.717, 1.165) is 35.5 Å². The summed E-state index contributed by atoms with van der Waals surface area (Å²) in [5.41, 5.74) is 3.45. The molecule has 0 aromatic heterocycles. The van der Waals surface area contributed by atoms with E-state index in [0.29, 0.717) is 11.4 Å². The van der Waals surface area contributed by atoms with Crippen molar-refractivity contribution in [3.05, 3.63) is 53.6 Å². The normalized spacial score (nSPS) is 15.3. The van der Waals surface area contributed by atoms with Gasteiger partial charge in [-0.2, -0.15) is 0 Å². The first-order valence-electron chi connectivity index (χ1n) is 7.81. The molecule has 0 saturated heterocycles. The van der Waals surface area contributed by atoms with Gasteiger partial charge in [0.05, 0.1) is 16.3 Å². The molecule has 0 amide bonds. The third kappa shape index (κ3) is 2.81. The van der Waals surface area contributed by atoms with Crippen LogP contribution in [0.5, 0.6) is 0 Å². The predicted octanol–water partition coefficient (Wildman–Crippen LogP) is 3.34. The summed E-state index contributed by atoms with van der Waals surface area (Å²) in [6.45, 7) is 5.11. The van der Waals surface area contributed by atoms with E-state index in [1.54, 1.807) is 10.4 Å². The number of rotatable bonds is 2. The molecule has 23 heavy (non-hydrogen) atoms. The zero-order chi connectivity index (χ0) is 16.6. The molecule has 4 nitrogen and oxygen atoms in total. The second-order valence-corrected chi connectivity index (χ2v) is 7.94. The van der Waals surface area contributed by atoms with Gasteiger partial charge < -0.3 is 4.90 Å². The Kier molecular flexibility index (Phi) is 4.06. The number of anilines is 2. The van der Waals surface area contributed by atoms with Crippen LogP contribution in [0.25, 0.3) is 0 Å². The van der Waals surface area contributed by atoms with Gasteiger partial charge in [-0.3, -0.25) is 4.31 Å². The minimum absolute atomic E-state index is 0.400. The number of hydrogen-bond acceptors (Lipinski definition) is 3. The number of para-hydroxylation sites is 2. The standard InChI is InChI=1S/C18H22N2O2S/c1-14-9-10-15(2)18(13-14)23(21,22)20-12-6-11-19(3)16-7-4-5-8-17(16)20/h4-5,7-10,13H,6,11-12H2,1-3H3. The van der Waals surface area contributed by atoms with Crippen LogP contribution >= 0.6 is 0 Å². The Labute approximate surface area is 138 Å². The second kappa shape index (κ2) is 5.89. The minimum Gasteiger partial charge on any atom is -0.373 e. The Bertz CT molecular complexity index is 831. The van der Waals surface area contributed by atoms with Gasteiger partial charge in [-0.05, 0) is 49.6 Å². The van der Waals surface area contributed by atoms with E-state index in [4.69, 9.17) is 0 Å². The molecular weight excluding hydrogens is 308 g/mol. The summed E-state index contributed by atoms with van der Waals surface area (Å²) in [5, 5.41) is 0. The molecule has 0 fully saturated rings. The molecule has 0 aliphatic carbocycles. The van der Waals surface area contributed by atoms with Gasteiger partial charge in [0.25, 0.3) is 10.0 Å². The van der Waals surface area contributed by atoms with E-state index < -0.39 is 10.0 Å². The highest BCUT2D eigenvalue weighted by Crippen LogP contribution is 2.35. The molecule has 2 aromatic rings. The van der Waals surface area contributed by atoms with Crippen molar-refractivity contribution in [2.45, 2.75) is 25.2 Å². The molecule has 122 valence electrons. The van der Waals surface area contributed by atoms with Crippen molar-refractivity contribution in [1.82, 2.24) is 0 Å². The van der Waals surface area contributed by atoms with E-state index in [1.807, 2.05) is 57.3 Å². The van der Waals surface area contributed by atoms with Crippen molar-refractivity contribution >= 4 is 21.4 Å². The number of nitrogens with zero attached hydrogens (tertiary/aromatic N) is 2. The van der Waals surface area contributed by atoms with Crippen LogP contribution in [0.15, 0.2) is 47.4 Å². The van der Waals surface area contributed by atoms with Crippen molar-refractivity contribution in [3.63, 3.8) is 0 Å². The highest BCUT2D eigenvalue weighted by Gasteiger charge is 2.30. The lowest BCUT2D eigenvalue weighted by molar-refractivity contribution is 0.589. The Hall–Kier alpha value is -2.01. The zero-order valence-corrected chi connectivity index (χ0v) is 14.6. The molecule has 2 aromatic carbocycles. The van der Waals surface area contributed by atoms with Crippen molar-refractivity contribution < 1.29 is 8.42 Å². The number of hydrogen-bond donors (Lipinski definition) is 0. The van der Waals surface area contributed by atoms with Crippen LogP contribution in [0, 0.1) is 13.8 Å². The molecule has 1 heterocycles. The van der Waals surface area contributed by atoms with Crippen molar-refractivity contribution in [1.29, 1.82) is 0 Å². The maximum absolute atomic E-state index is 13.3. The third-order valence-electron chi connectivity index (χ3n) is 4.33.